The molecule has 0 bridgehead atoms. The molecule has 1 aliphatic heterocycles. The van der Waals surface area contributed by atoms with Gasteiger partial charge in [-0.2, -0.15) is 0 Å². The molecule has 2 aromatic heterocycles. The van der Waals surface area contributed by atoms with E-state index in [2.05, 4.69) is 15.3 Å². The number of aliphatic hydroxyl groups is 1. The minimum Gasteiger partial charge on any atom is -0.464 e. The average Bonchev–Trinajstić information content (AvgIpc) is 2.67. The Balaban J connectivity index is 1.66. The molecule has 3 rings (SSSR count). The average molecular weight is 422 g/mol. The zero-order valence-corrected chi connectivity index (χ0v) is 16.5. The fourth-order valence-electron chi connectivity index (χ4n) is 2.68. The number of hydrogen-bond donors (Lipinski definition) is 2. The smallest absolute Gasteiger partial charge is 0.356 e. The van der Waals surface area contributed by atoms with E-state index in [1.54, 1.807) is 24.0 Å². The molecule has 9 nitrogen and oxygen atoms in total. The highest BCUT2D eigenvalue weighted by atomic mass is 32.2. The number of aromatic nitrogens is 2. The first-order chi connectivity index (χ1) is 13.4. The third kappa shape index (κ3) is 5.12. The van der Waals surface area contributed by atoms with Gasteiger partial charge < -0.3 is 15.2 Å². The lowest BCUT2D eigenvalue weighted by Crippen LogP contribution is -2.41. The number of thioether (sulfide) groups is 2. The maximum Gasteiger partial charge on any atom is 0.356 e. The molecule has 11 heteroatoms. The summed E-state index contributed by atoms with van der Waals surface area (Å²) in [6, 6.07) is 6.29. The molecule has 148 valence electrons. The van der Waals surface area contributed by atoms with Gasteiger partial charge in [0, 0.05) is 28.8 Å². The van der Waals surface area contributed by atoms with Gasteiger partial charge in [0.25, 0.3) is 5.69 Å². The van der Waals surface area contributed by atoms with E-state index in [0.717, 1.165) is 23.3 Å². The van der Waals surface area contributed by atoms with Crippen molar-refractivity contribution in [3.8, 4) is 0 Å². The van der Waals surface area contributed by atoms with Gasteiger partial charge in [0.15, 0.2) is 5.06 Å². The van der Waals surface area contributed by atoms with Crippen molar-refractivity contribution in [1.29, 1.82) is 0 Å². The van der Waals surface area contributed by atoms with Crippen LogP contribution in [0.4, 0.5) is 11.5 Å². The third-order valence-corrected chi connectivity index (χ3v) is 6.44. The van der Waals surface area contributed by atoms with Gasteiger partial charge >= 0.3 is 5.97 Å². The number of esters is 1. The van der Waals surface area contributed by atoms with Gasteiger partial charge in [0.1, 0.15) is 17.7 Å². The number of hydrogen-bond acceptors (Lipinski definition) is 10. The van der Waals surface area contributed by atoms with Crippen molar-refractivity contribution in [2.24, 2.45) is 0 Å². The maximum atomic E-state index is 11.6. The van der Waals surface area contributed by atoms with Gasteiger partial charge in [-0.3, -0.25) is 10.1 Å². The lowest BCUT2D eigenvalue weighted by Gasteiger charge is -2.36. The number of rotatable bonds is 6. The van der Waals surface area contributed by atoms with Crippen molar-refractivity contribution in [2.45, 2.75) is 28.0 Å². The summed E-state index contributed by atoms with van der Waals surface area (Å²) >= 11 is 2.92. The van der Waals surface area contributed by atoms with Gasteiger partial charge in [-0.25, -0.2) is 14.8 Å². The molecule has 0 saturated carbocycles. The lowest BCUT2D eigenvalue weighted by atomic mass is 10.2. The van der Waals surface area contributed by atoms with Crippen LogP contribution in [0.3, 0.4) is 0 Å². The molecule has 2 atom stereocenters. The van der Waals surface area contributed by atoms with Crippen LogP contribution in [0.5, 0.6) is 0 Å². The highest BCUT2D eigenvalue weighted by Gasteiger charge is 2.36. The molecule has 0 amide bonds. The first-order valence-corrected chi connectivity index (χ1v) is 10.2. The second kappa shape index (κ2) is 8.76. The van der Waals surface area contributed by atoms with E-state index >= 15 is 0 Å². The van der Waals surface area contributed by atoms with E-state index in [4.69, 9.17) is 4.74 Å². The quantitative estimate of drug-likeness (QED) is 0.310. The molecule has 0 spiro atoms. The van der Waals surface area contributed by atoms with Crippen molar-refractivity contribution in [3.05, 3.63) is 52.5 Å². The zero-order chi connectivity index (χ0) is 20.1. The van der Waals surface area contributed by atoms with Crippen LogP contribution < -0.4 is 5.32 Å². The molecule has 28 heavy (non-hydrogen) atoms. The molecule has 0 aliphatic carbocycles. The van der Waals surface area contributed by atoms with Gasteiger partial charge in [0.05, 0.1) is 12.0 Å². The molecular weight excluding hydrogens is 404 g/mol. The summed E-state index contributed by atoms with van der Waals surface area (Å²) in [5.74, 6) is 0.593. The molecular formula is C17H18N4O5S2. The number of nitrogens with one attached hydrogen (secondary N) is 1. The fourth-order valence-corrected chi connectivity index (χ4v) is 5.43. The summed E-state index contributed by atoms with van der Waals surface area (Å²) in [7, 11) is 1.31. The predicted molar refractivity (Wildman–Crippen MR) is 106 cm³/mol. The Morgan fingerprint density at radius 2 is 2.29 bits per heavy atom. The molecule has 2 N–H and O–H groups in total. The highest BCUT2D eigenvalue weighted by Crippen LogP contribution is 2.41. The van der Waals surface area contributed by atoms with Crippen molar-refractivity contribution in [1.82, 2.24) is 9.97 Å². The first kappa shape index (κ1) is 20.4. The van der Waals surface area contributed by atoms with Crippen molar-refractivity contribution >= 4 is 41.0 Å². The number of nitro groups is 1. The number of pyridine rings is 2. The second-order valence-corrected chi connectivity index (χ2v) is 8.76. The normalized spacial score (nSPS) is 21.7. The van der Waals surface area contributed by atoms with Crippen molar-refractivity contribution in [3.63, 3.8) is 0 Å². The van der Waals surface area contributed by atoms with Gasteiger partial charge in [-0.15, -0.1) is 23.5 Å². The summed E-state index contributed by atoms with van der Waals surface area (Å²) in [6.45, 7) is 0. The van der Waals surface area contributed by atoms with Gasteiger partial charge in [-0.1, -0.05) is 0 Å². The standard InChI is InChI=1S/C17H18N4O5S2/c1-26-16(22)14-8-12(4-6-18-14)28-13-5-7-27-17(23,9-13)20-15-3-2-11(10-19-15)21(24)25/h2-4,6,8,10,13,23H,5,7,9H2,1H3,(H,19,20). The number of methoxy groups -OCH3 is 1. The van der Waals surface area contributed by atoms with E-state index in [0.29, 0.717) is 12.2 Å². The third-order valence-electron chi connectivity index (χ3n) is 4.00. The van der Waals surface area contributed by atoms with Crippen LogP contribution in [0, 0.1) is 10.1 Å². The largest absolute Gasteiger partial charge is 0.464 e. The minimum atomic E-state index is -1.24. The van der Waals surface area contributed by atoms with Crippen LogP contribution >= 0.6 is 23.5 Å². The van der Waals surface area contributed by atoms with Crippen molar-refractivity contribution in [2.75, 3.05) is 18.2 Å². The number of ether oxygens (including phenoxy) is 1. The summed E-state index contributed by atoms with van der Waals surface area (Å²) in [5, 5.41) is 23.5. The van der Waals surface area contributed by atoms with Gasteiger partial charge in [0.2, 0.25) is 0 Å². The van der Waals surface area contributed by atoms with Crippen LogP contribution in [0.25, 0.3) is 0 Å². The molecule has 2 unspecified atom stereocenters. The number of carbonyl (C=O) groups is 1. The Morgan fingerprint density at radius 3 is 2.96 bits per heavy atom. The van der Waals surface area contributed by atoms with Crippen LogP contribution in [-0.4, -0.2) is 49.1 Å². The van der Waals surface area contributed by atoms with Crippen LogP contribution in [0.1, 0.15) is 23.3 Å². The molecule has 0 radical (unpaired) electrons. The van der Waals surface area contributed by atoms with Crippen LogP contribution in [0.2, 0.25) is 0 Å². The molecule has 2 aromatic rings. The van der Waals surface area contributed by atoms with E-state index in [1.807, 2.05) is 6.07 Å². The number of anilines is 1. The van der Waals surface area contributed by atoms with E-state index in [9.17, 15) is 20.0 Å². The predicted octanol–water partition coefficient (Wildman–Crippen LogP) is 2.92. The Hall–Kier alpha value is -2.37. The number of carbonyl (C=O) groups excluding carboxylic acids is 1. The monoisotopic (exact) mass is 422 g/mol. The highest BCUT2D eigenvalue weighted by molar-refractivity contribution is 8.01. The molecule has 1 fully saturated rings. The first-order valence-electron chi connectivity index (χ1n) is 8.34. The fraction of sp³-hybridized carbons (Fsp3) is 0.353. The summed E-state index contributed by atoms with van der Waals surface area (Å²) in [5.41, 5.74) is 0.127. The Kier molecular flexibility index (Phi) is 6.37. The Bertz CT molecular complexity index is 867. The van der Waals surface area contributed by atoms with Crippen LogP contribution in [0.15, 0.2) is 41.6 Å². The number of nitrogens with zero attached hydrogens (tertiary/aromatic N) is 3. The second-order valence-electron chi connectivity index (χ2n) is 6.02. The van der Waals surface area contributed by atoms with E-state index in [-0.39, 0.29) is 16.6 Å². The van der Waals surface area contributed by atoms with Crippen molar-refractivity contribution < 1.29 is 19.6 Å². The topological polar surface area (TPSA) is 127 Å². The summed E-state index contributed by atoms with van der Waals surface area (Å²) < 4.78 is 4.69. The van der Waals surface area contributed by atoms with E-state index in [1.165, 1.54) is 31.0 Å². The molecule has 1 saturated heterocycles. The molecule has 0 aromatic carbocycles. The summed E-state index contributed by atoms with van der Waals surface area (Å²) in [6.07, 6.45) is 4.01. The minimum absolute atomic E-state index is 0.102. The van der Waals surface area contributed by atoms with E-state index < -0.39 is 15.9 Å². The molecule has 3 heterocycles. The maximum absolute atomic E-state index is 11.6. The lowest BCUT2D eigenvalue weighted by molar-refractivity contribution is -0.385. The Morgan fingerprint density at radius 1 is 1.46 bits per heavy atom. The summed E-state index contributed by atoms with van der Waals surface area (Å²) in [4.78, 5) is 30.7. The SMILES string of the molecule is COC(=O)c1cc(SC2CCSC(O)(Nc3ccc([N+](=O)[O-])cn3)C2)ccn1. The van der Waals surface area contributed by atoms with Gasteiger partial charge in [-0.05, 0) is 30.4 Å². The zero-order valence-electron chi connectivity index (χ0n) is 14.9. The van der Waals surface area contributed by atoms with Crippen LogP contribution in [-0.2, 0) is 4.74 Å². The molecule has 1 aliphatic rings. The Labute approximate surface area is 169 Å².